The van der Waals surface area contributed by atoms with Gasteiger partial charge in [-0.1, -0.05) is 17.7 Å². The van der Waals surface area contributed by atoms with E-state index in [4.69, 9.17) is 16.3 Å². The summed E-state index contributed by atoms with van der Waals surface area (Å²) in [5, 5.41) is 7.96. The van der Waals surface area contributed by atoms with Crippen molar-refractivity contribution in [3.05, 3.63) is 41.6 Å². The average Bonchev–Trinajstić information content (AvgIpc) is 3.23. The number of benzene rings is 1. The Hall–Kier alpha value is -1.97. The Kier molecular flexibility index (Phi) is 5.39. The van der Waals surface area contributed by atoms with Gasteiger partial charge in [-0.25, -0.2) is 19.6 Å². The second kappa shape index (κ2) is 7.81. The van der Waals surface area contributed by atoms with Crippen LogP contribution in [0.4, 0.5) is 11.4 Å². The maximum atomic E-state index is 6.29. The molecule has 8 nitrogen and oxygen atoms in total. The van der Waals surface area contributed by atoms with Crippen LogP contribution >= 0.6 is 40.0 Å². The van der Waals surface area contributed by atoms with E-state index in [9.17, 15) is 0 Å². The van der Waals surface area contributed by atoms with E-state index in [1.165, 1.54) is 6.33 Å². The van der Waals surface area contributed by atoms with Crippen LogP contribution in [0.25, 0.3) is 22.6 Å². The second-order valence-electron chi connectivity index (χ2n) is 5.96. The molecule has 0 amide bonds. The average molecular weight is 528 g/mol. The first kappa shape index (κ1) is 19.4. The van der Waals surface area contributed by atoms with E-state index in [1.54, 1.807) is 17.9 Å². The smallest absolute Gasteiger partial charge is 0.167 e. The standard InChI is InChI=1S/C17H16ClIN7OP/c1-9-22-14-12(7-13(18)24-17(14)26(9)28-19)23-11-6-4-5-10(15(11)27-3)16-20-8-21-25(16)2/h4-8,28H,1-3H3,(H,23,24). The zero-order valence-electron chi connectivity index (χ0n) is 15.2. The van der Waals surface area contributed by atoms with Gasteiger partial charge in [0.25, 0.3) is 0 Å². The maximum absolute atomic E-state index is 6.29. The molecule has 1 aromatic carbocycles. The predicted molar refractivity (Wildman–Crippen MR) is 121 cm³/mol. The van der Waals surface area contributed by atoms with Gasteiger partial charge in [0.1, 0.15) is 22.8 Å². The summed E-state index contributed by atoms with van der Waals surface area (Å²) in [5.41, 5.74) is 3.88. The first-order valence-electron chi connectivity index (χ1n) is 8.24. The first-order valence-corrected chi connectivity index (χ1v) is 12.7. The molecule has 0 saturated carbocycles. The van der Waals surface area contributed by atoms with Gasteiger partial charge in [-0.15, -0.1) is 0 Å². The van der Waals surface area contributed by atoms with Gasteiger partial charge in [-0.2, -0.15) is 5.10 Å². The Morgan fingerprint density at radius 3 is 2.75 bits per heavy atom. The number of ether oxygens (including phenoxy) is 1. The van der Waals surface area contributed by atoms with Crippen molar-refractivity contribution < 1.29 is 4.74 Å². The molecule has 0 aliphatic rings. The summed E-state index contributed by atoms with van der Waals surface area (Å²) in [5.74, 6) is 2.26. The van der Waals surface area contributed by atoms with E-state index in [1.807, 2.05) is 36.5 Å². The van der Waals surface area contributed by atoms with Gasteiger partial charge in [0.15, 0.2) is 17.2 Å². The zero-order valence-corrected chi connectivity index (χ0v) is 19.1. The van der Waals surface area contributed by atoms with Crippen LogP contribution in [-0.4, -0.2) is 36.2 Å². The number of nitrogens with one attached hydrogen (secondary N) is 1. The van der Waals surface area contributed by atoms with Gasteiger partial charge in [0.2, 0.25) is 0 Å². The highest BCUT2D eigenvalue weighted by atomic mass is 127. The summed E-state index contributed by atoms with van der Waals surface area (Å²) in [7, 11) is 3.47. The Morgan fingerprint density at radius 2 is 2.07 bits per heavy atom. The van der Waals surface area contributed by atoms with E-state index < -0.39 is 0 Å². The lowest BCUT2D eigenvalue weighted by Gasteiger charge is -2.15. The van der Waals surface area contributed by atoms with Crippen molar-refractivity contribution in [3.63, 3.8) is 0 Å². The molecule has 4 rings (SSSR count). The van der Waals surface area contributed by atoms with Gasteiger partial charge in [0.05, 0.1) is 30.4 Å². The number of pyridine rings is 1. The van der Waals surface area contributed by atoms with Gasteiger partial charge in [-0.3, -0.25) is 4.34 Å². The largest absolute Gasteiger partial charge is 0.494 e. The molecule has 0 radical (unpaired) electrons. The lowest BCUT2D eigenvalue weighted by atomic mass is 10.1. The fourth-order valence-electron chi connectivity index (χ4n) is 3.04. The molecule has 0 aliphatic heterocycles. The number of methoxy groups -OCH3 is 1. The zero-order chi connectivity index (χ0) is 19.8. The summed E-state index contributed by atoms with van der Waals surface area (Å²) < 4.78 is 9.45. The molecule has 0 fully saturated rings. The third-order valence-electron chi connectivity index (χ3n) is 4.28. The van der Waals surface area contributed by atoms with Crippen molar-refractivity contribution in [1.29, 1.82) is 0 Å². The third kappa shape index (κ3) is 3.31. The van der Waals surface area contributed by atoms with E-state index >= 15 is 0 Å². The number of hydrogen-bond acceptors (Lipinski definition) is 6. The number of rotatable bonds is 5. The molecule has 3 aromatic heterocycles. The van der Waals surface area contributed by atoms with Crippen molar-refractivity contribution >= 4 is 62.6 Å². The number of fused-ring (bicyclic) bond motifs is 1. The summed E-state index contributed by atoms with van der Waals surface area (Å²) in [6.07, 6.45) is 1.99. The van der Waals surface area contributed by atoms with Gasteiger partial charge in [0, 0.05) is 13.1 Å². The summed E-state index contributed by atoms with van der Waals surface area (Å²) in [4.78, 5) is 13.5. The fourth-order valence-corrected chi connectivity index (χ4v) is 5.37. The minimum Gasteiger partial charge on any atom is -0.494 e. The van der Waals surface area contributed by atoms with Gasteiger partial charge < -0.3 is 10.1 Å². The highest BCUT2D eigenvalue weighted by molar-refractivity contribution is 14.2. The van der Waals surface area contributed by atoms with Crippen molar-refractivity contribution in [3.8, 4) is 17.1 Å². The molecule has 0 saturated heterocycles. The molecule has 11 heteroatoms. The molecule has 1 N–H and O–H groups in total. The lowest BCUT2D eigenvalue weighted by molar-refractivity contribution is 0.418. The van der Waals surface area contributed by atoms with Gasteiger partial charge in [-0.05, 0) is 41.1 Å². The van der Waals surface area contributed by atoms with Crippen LogP contribution in [0.1, 0.15) is 5.82 Å². The lowest BCUT2D eigenvalue weighted by Crippen LogP contribution is -2.01. The summed E-state index contributed by atoms with van der Waals surface area (Å²) >= 11 is 8.60. The summed E-state index contributed by atoms with van der Waals surface area (Å²) in [6, 6.07) is 7.58. The molecular formula is C17H16ClIN7OP. The number of nitrogens with zero attached hydrogens (tertiary/aromatic N) is 6. The van der Waals surface area contributed by atoms with Crippen molar-refractivity contribution in [2.45, 2.75) is 6.92 Å². The number of imidazole rings is 1. The highest BCUT2D eigenvalue weighted by Crippen LogP contribution is 2.39. The van der Waals surface area contributed by atoms with Crippen LogP contribution in [0.2, 0.25) is 5.15 Å². The van der Waals surface area contributed by atoms with Crippen molar-refractivity contribution in [1.82, 2.24) is 29.1 Å². The first-order chi connectivity index (χ1) is 13.5. The number of aryl methyl sites for hydroxylation is 2. The summed E-state index contributed by atoms with van der Waals surface area (Å²) in [6.45, 7) is 1.96. The molecule has 144 valence electrons. The molecule has 4 aromatic rings. The Balaban J connectivity index is 1.85. The molecule has 28 heavy (non-hydrogen) atoms. The number of hydrogen-bond donors (Lipinski definition) is 1. The molecular weight excluding hydrogens is 512 g/mol. The topological polar surface area (TPSA) is 82.7 Å². The molecule has 0 bridgehead atoms. The molecule has 1 atom stereocenters. The van der Waals surface area contributed by atoms with Crippen molar-refractivity contribution in [2.24, 2.45) is 7.05 Å². The second-order valence-corrected chi connectivity index (χ2v) is 8.41. The Labute approximate surface area is 181 Å². The van der Waals surface area contributed by atoms with Crippen LogP contribution in [0, 0.1) is 6.92 Å². The number of halogens is 2. The van der Waals surface area contributed by atoms with E-state index in [2.05, 4.69) is 47.4 Å². The molecule has 0 aliphatic carbocycles. The monoisotopic (exact) mass is 527 g/mol. The van der Waals surface area contributed by atoms with Gasteiger partial charge >= 0.3 is 0 Å². The number of anilines is 2. The number of aromatic nitrogens is 6. The van der Waals surface area contributed by atoms with Crippen LogP contribution in [0.3, 0.4) is 0 Å². The van der Waals surface area contributed by atoms with Crippen LogP contribution < -0.4 is 10.1 Å². The fraction of sp³-hybridized carbons (Fsp3) is 0.176. The van der Waals surface area contributed by atoms with E-state index in [-0.39, 0.29) is 0 Å². The predicted octanol–water partition coefficient (Wildman–Crippen LogP) is 4.73. The minimum absolute atomic E-state index is 0.397. The Bertz CT molecular complexity index is 1180. The van der Waals surface area contributed by atoms with E-state index in [0.29, 0.717) is 23.1 Å². The van der Waals surface area contributed by atoms with Crippen LogP contribution in [0.5, 0.6) is 5.75 Å². The normalized spacial score (nSPS) is 11.6. The minimum atomic E-state index is 0.397. The van der Waals surface area contributed by atoms with Crippen LogP contribution in [-0.2, 0) is 7.05 Å². The maximum Gasteiger partial charge on any atom is 0.167 e. The molecule has 0 spiro atoms. The number of para-hydroxylation sites is 1. The highest BCUT2D eigenvalue weighted by Gasteiger charge is 2.18. The molecule has 3 heterocycles. The third-order valence-corrected chi connectivity index (χ3v) is 6.62. The van der Waals surface area contributed by atoms with Crippen molar-refractivity contribution in [2.75, 3.05) is 12.4 Å². The van der Waals surface area contributed by atoms with E-state index in [0.717, 1.165) is 33.9 Å². The quantitative estimate of drug-likeness (QED) is 0.230. The molecule has 1 unspecified atom stereocenters. The SMILES string of the molecule is COc1c(Nc2cc(Cl)nc3c2nc(C)n3PI)cccc1-c1ncnn1C. The Morgan fingerprint density at radius 1 is 1.25 bits per heavy atom. The van der Waals surface area contributed by atoms with Crippen LogP contribution in [0.15, 0.2) is 30.6 Å².